The summed E-state index contributed by atoms with van der Waals surface area (Å²) < 4.78 is 10.9. The zero-order valence-electron chi connectivity index (χ0n) is 17.5. The molecular weight excluding hydrogens is 382 g/mol. The summed E-state index contributed by atoms with van der Waals surface area (Å²) >= 11 is 0. The summed E-state index contributed by atoms with van der Waals surface area (Å²) in [6.45, 7) is 6.90. The number of para-hydroxylation sites is 1. The number of amides is 2. The Morgan fingerprint density at radius 1 is 1.13 bits per heavy atom. The SMILES string of the molecule is CC1CN(Cc2ccccc2NC(=O)CCNC(=O)/C=C/c2ccco2)CC(C)O1. The van der Waals surface area contributed by atoms with Gasteiger partial charge in [0.05, 0.1) is 18.5 Å². The van der Waals surface area contributed by atoms with Crippen molar-refractivity contribution in [3.63, 3.8) is 0 Å². The highest BCUT2D eigenvalue weighted by Crippen LogP contribution is 2.20. The van der Waals surface area contributed by atoms with E-state index in [1.54, 1.807) is 24.5 Å². The molecule has 2 heterocycles. The first-order chi connectivity index (χ1) is 14.5. The molecule has 0 radical (unpaired) electrons. The summed E-state index contributed by atoms with van der Waals surface area (Å²) in [5, 5.41) is 5.67. The van der Waals surface area contributed by atoms with Crippen molar-refractivity contribution >= 4 is 23.6 Å². The van der Waals surface area contributed by atoms with Gasteiger partial charge in [0.25, 0.3) is 0 Å². The van der Waals surface area contributed by atoms with Crippen molar-refractivity contribution in [1.29, 1.82) is 0 Å². The molecule has 1 aliphatic heterocycles. The summed E-state index contributed by atoms with van der Waals surface area (Å²) in [6.07, 6.45) is 5.09. The number of hydrogen-bond donors (Lipinski definition) is 2. The van der Waals surface area contributed by atoms with Crippen LogP contribution in [0.3, 0.4) is 0 Å². The first-order valence-corrected chi connectivity index (χ1v) is 10.2. The summed E-state index contributed by atoms with van der Waals surface area (Å²) in [5.74, 6) is 0.195. The Kier molecular flexibility index (Phi) is 7.82. The van der Waals surface area contributed by atoms with E-state index in [0.717, 1.165) is 30.9 Å². The maximum absolute atomic E-state index is 12.4. The average Bonchev–Trinajstić information content (AvgIpc) is 3.21. The molecule has 2 aromatic rings. The maximum atomic E-state index is 12.4. The van der Waals surface area contributed by atoms with Crippen LogP contribution in [0, 0.1) is 0 Å². The van der Waals surface area contributed by atoms with E-state index in [9.17, 15) is 9.59 Å². The molecule has 2 amide bonds. The van der Waals surface area contributed by atoms with Gasteiger partial charge in [-0.05, 0) is 43.7 Å². The molecule has 1 aromatic heterocycles. The first-order valence-electron chi connectivity index (χ1n) is 10.2. The first kappa shape index (κ1) is 21.8. The van der Waals surface area contributed by atoms with Crippen LogP contribution in [-0.4, -0.2) is 48.6 Å². The largest absolute Gasteiger partial charge is 0.465 e. The number of morpholine rings is 1. The predicted molar refractivity (Wildman–Crippen MR) is 116 cm³/mol. The zero-order valence-corrected chi connectivity index (χ0v) is 17.5. The third-order valence-corrected chi connectivity index (χ3v) is 4.77. The third kappa shape index (κ3) is 6.86. The molecule has 0 aliphatic carbocycles. The highest BCUT2D eigenvalue weighted by atomic mass is 16.5. The standard InChI is InChI=1S/C23H29N3O4/c1-17-14-26(15-18(2)30-17)16-19-6-3-4-8-21(19)25-23(28)11-12-24-22(27)10-9-20-7-5-13-29-20/h3-10,13,17-18H,11-12,14-16H2,1-2H3,(H,24,27)(H,25,28)/b10-9+. The average molecular weight is 412 g/mol. The second-order valence-corrected chi connectivity index (χ2v) is 7.55. The second-order valence-electron chi connectivity index (χ2n) is 7.55. The van der Waals surface area contributed by atoms with Crippen molar-refractivity contribution in [1.82, 2.24) is 10.2 Å². The number of anilines is 1. The van der Waals surface area contributed by atoms with Gasteiger partial charge < -0.3 is 19.8 Å². The fraction of sp³-hybridized carbons (Fsp3) is 0.391. The van der Waals surface area contributed by atoms with Gasteiger partial charge in [-0.15, -0.1) is 0 Å². The zero-order chi connectivity index (χ0) is 21.3. The van der Waals surface area contributed by atoms with E-state index in [1.165, 1.54) is 6.08 Å². The molecule has 0 bridgehead atoms. The molecule has 3 rings (SSSR count). The summed E-state index contributed by atoms with van der Waals surface area (Å²) in [6, 6.07) is 11.3. The number of nitrogens with one attached hydrogen (secondary N) is 2. The van der Waals surface area contributed by atoms with Crippen molar-refractivity contribution in [3.8, 4) is 0 Å². The fourth-order valence-electron chi connectivity index (χ4n) is 3.55. The van der Waals surface area contributed by atoms with Gasteiger partial charge in [0, 0.05) is 44.4 Å². The van der Waals surface area contributed by atoms with Crippen molar-refractivity contribution in [3.05, 3.63) is 60.1 Å². The summed E-state index contributed by atoms with van der Waals surface area (Å²) in [4.78, 5) is 26.5. The minimum absolute atomic E-state index is 0.138. The molecule has 1 fully saturated rings. The van der Waals surface area contributed by atoms with Crippen LogP contribution in [0.1, 0.15) is 31.6 Å². The highest BCUT2D eigenvalue weighted by molar-refractivity contribution is 5.93. The van der Waals surface area contributed by atoms with E-state index >= 15 is 0 Å². The van der Waals surface area contributed by atoms with E-state index in [0.29, 0.717) is 5.76 Å². The molecule has 0 saturated carbocycles. The molecule has 2 N–H and O–H groups in total. The van der Waals surface area contributed by atoms with Crippen LogP contribution in [0.5, 0.6) is 0 Å². The van der Waals surface area contributed by atoms with Gasteiger partial charge in [-0.2, -0.15) is 0 Å². The minimum atomic E-state index is -0.268. The van der Waals surface area contributed by atoms with Gasteiger partial charge in [0.15, 0.2) is 0 Å². The van der Waals surface area contributed by atoms with Crippen molar-refractivity contribution in [2.75, 3.05) is 25.0 Å². The topological polar surface area (TPSA) is 83.8 Å². The lowest BCUT2D eigenvalue weighted by molar-refractivity contribution is -0.117. The summed E-state index contributed by atoms with van der Waals surface area (Å²) in [5.41, 5.74) is 1.87. The Hall–Kier alpha value is -2.90. The Morgan fingerprint density at radius 2 is 1.90 bits per heavy atom. The quantitative estimate of drug-likeness (QED) is 0.653. The fourth-order valence-corrected chi connectivity index (χ4v) is 3.55. The Morgan fingerprint density at radius 3 is 2.63 bits per heavy atom. The summed E-state index contributed by atoms with van der Waals surface area (Å²) in [7, 11) is 0. The van der Waals surface area contributed by atoms with Crippen LogP contribution >= 0.6 is 0 Å². The molecule has 7 heteroatoms. The lowest BCUT2D eigenvalue weighted by atomic mass is 10.1. The van der Waals surface area contributed by atoms with Crippen LogP contribution in [0.25, 0.3) is 6.08 Å². The molecule has 7 nitrogen and oxygen atoms in total. The monoisotopic (exact) mass is 411 g/mol. The number of benzene rings is 1. The van der Waals surface area contributed by atoms with Crippen LogP contribution < -0.4 is 10.6 Å². The van der Waals surface area contributed by atoms with Gasteiger partial charge in [-0.1, -0.05) is 18.2 Å². The van der Waals surface area contributed by atoms with E-state index in [4.69, 9.17) is 9.15 Å². The number of nitrogens with zero attached hydrogens (tertiary/aromatic N) is 1. The van der Waals surface area contributed by atoms with Crippen molar-refractivity contribution < 1.29 is 18.7 Å². The Balaban J connectivity index is 1.46. The third-order valence-electron chi connectivity index (χ3n) is 4.77. The molecule has 1 aromatic carbocycles. The highest BCUT2D eigenvalue weighted by Gasteiger charge is 2.22. The number of hydrogen-bond acceptors (Lipinski definition) is 5. The van der Waals surface area contributed by atoms with Crippen LogP contribution in [-0.2, 0) is 20.9 Å². The van der Waals surface area contributed by atoms with Gasteiger partial charge in [0.1, 0.15) is 5.76 Å². The van der Waals surface area contributed by atoms with E-state index in [-0.39, 0.29) is 37.0 Å². The number of furan rings is 1. The van der Waals surface area contributed by atoms with Gasteiger partial charge in [0.2, 0.25) is 11.8 Å². The Labute approximate surface area is 177 Å². The van der Waals surface area contributed by atoms with Crippen molar-refractivity contribution in [2.24, 2.45) is 0 Å². The molecule has 2 unspecified atom stereocenters. The molecule has 30 heavy (non-hydrogen) atoms. The lowest BCUT2D eigenvalue weighted by Gasteiger charge is -2.35. The number of rotatable bonds is 8. The second kappa shape index (κ2) is 10.8. The van der Waals surface area contributed by atoms with Crippen molar-refractivity contribution in [2.45, 2.75) is 39.0 Å². The molecule has 1 saturated heterocycles. The Bertz CT molecular complexity index is 853. The number of ether oxygens (including phenoxy) is 1. The lowest BCUT2D eigenvalue weighted by Crippen LogP contribution is -2.44. The number of carbonyl (C=O) groups excluding carboxylic acids is 2. The van der Waals surface area contributed by atoms with Crippen LogP contribution in [0.2, 0.25) is 0 Å². The van der Waals surface area contributed by atoms with Gasteiger partial charge in [-0.3, -0.25) is 14.5 Å². The van der Waals surface area contributed by atoms with E-state index in [2.05, 4.69) is 29.4 Å². The van der Waals surface area contributed by atoms with Crippen LogP contribution in [0.4, 0.5) is 5.69 Å². The molecule has 0 spiro atoms. The molecule has 2 atom stereocenters. The molecule has 160 valence electrons. The molecule has 1 aliphatic rings. The molecular formula is C23H29N3O4. The van der Waals surface area contributed by atoms with Gasteiger partial charge in [-0.25, -0.2) is 0 Å². The maximum Gasteiger partial charge on any atom is 0.244 e. The van der Waals surface area contributed by atoms with E-state index < -0.39 is 0 Å². The predicted octanol–water partition coefficient (Wildman–Crippen LogP) is 3.05. The normalized spacial score (nSPS) is 19.7. The number of carbonyl (C=O) groups is 2. The van der Waals surface area contributed by atoms with E-state index in [1.807, 2.05) is 24.3 Å². The minimum Gasteiger partial charge on any atom is -0.465 e. The smallest absolute Gasteiger partial charge is 0.244 e. The van der Waals surface area contributed by atoms with Gasteiger partial charge >= 0.3 is 0 Å². The van der Waals surface area contributed by atoms with Crippen LogP contribution in [0.15, 0.2) is 53.2 Å².